The first kappa shape index (κ1) is 19.7. The fourth-order valence-electron chi connectivity index (χ4n) is 3.42. The lowest BCUT2D eigenvalue weighted by Gasteiger charge is -2.22. The number of anilines is 3. The van der Waals surface area contributed by atoms with Gasteiger partial charge in [0.25, 0.3) is 0 Å². The highest BCUT2D eigenvalue weighted by Crippen LogP contribution is 2.30. The van der Waals surface area contributed by atoms with Crippen LogP contribution in [0.15, 0.2) is 48.8 Å². The summed E-state index contributed by atoms with van der Waals surface area (Å²) < 4.78 is 0. The highest BCUT2D eigenvalue weighted by molar-refractivity contribution is 5.96. The maximum absolute atomic E-state index is 12.8. The number of urea groups is 1. The Bertz CT molecular complexity index is 1100. The molecule has 2 N–H and O–H groups in total. The standard InChI is InChI=1S/C24H25N5O/c1-3-12-29(15-18-8-9-18)24(30)28-20-10-11-22-21(14-20)23(26-16-25-22)27-19-7-5-6-17(4-2)13-19/h2,5-7,10-11,13-14,16,18H,3,8-9,12,15H2,1H3,(H,28,30)(H,25,26,27). The molecule has 1 fully saturated rings. The fraction of sp³-hybridized carbons (Fsp3) is 0.292. The molecule has 2 amide bonds. The maximum Gasteiger partial charge on any atom is 0.321 e. The Labute approximate surface area is 176 Å². The number of fused-ring (bicyclic) bond motifs is 1. The van der Waals surface area contributed by atoms with Gasteiger partial charge in [-0.3, -0.25) is 0 Å². The van der Waals surface area contributed by atoms with Gasteiger partial charge in [0.1, 0.15) is 12.1 Å². The monoisotopic (exact) mass is 399 g/mol. The lowest BCUT2D eigenvalue weighted by Crippen LogP contribution is -2.37. The molecule has 0 radical (unpaired) electrons. The van der Waals surface area contributed by atoms with E-state index in [9.17, 15) is 4.79 Å². The summed E-state index contributed by atoms with van der Waals surface area (Å²) in [5.74, 6) is 3.95. The number of nitrogens with one attached hydrogen (secondary N) is 2. The van der Waals surface area contributed by atoms with Crippen LogP contribution in [-0.4, -0.2) is 34.0 Å². The Balaban J connectivity index is 1.57. The number of benzene rings is 2. The number of aromatic nitrogens is 2. The zero-order valence-corrected chi connectivity index (χ0v) is 17.1. The van der Waals surface area contributed by atoms with E-state index in [1.54, 1.807) is 0 Å². The van der Waals surface area contributed by atoms with Crippen molar-refractivity contribution in [3.63, 3.8) is 0 Å². The van der Waals surface area contributed by atoms with E-state index < -0.39 is 0 Å². The van der Waals surface area contributed by atoms with E-state index in [0.29, 0.717) is 11.7 Å². The van der Waals surface area contributed by atoms with Crippen LogP contribution >= 0.6 is 0 Å². The second-order valence-corrected chi connectivity index (χ2v) is 7.62. The maximum atomic E-state index is 12.8. The number of hydrogen-bond donors (Lipinski definition) is 2. The van der Waals surface area contributed by atoms with E-state index in [0.717, 1.165) is 47.4 Å². The molecule has 1 aliphatic rings. The van der Waals surface area contributed by atoms with E-state index in [1.165, 1.54) is 19.2 Å². The van der Waals surface area contributed by atoms with Gasteiger partial charge < -0.3 is 15.5 Å². The Kier molecular flexibility index (Phi) is 5.80. The summed E-state index contributed by atoms with van der Waals surface area (Å²) in [4.78, 5) is 23.4. The molecule has 0 aliphatic heterocycles. The van der Waals surface area contributed by atoms with Gasteiger partial charge in [-0.05, 0) is 61.6 Å². The summed E-state index contributed by atoms with van der Waals surface area (Å²) in [6.45, 7) is 3.68. The molecular formula is C24H25N5O. The Morgan fingerprint density at radius 1 is 1.20 bits per heavy atom. The van der Waals surface area contributed by atoms with Gasteiger partial charge in [0, 0.05) is 35.4 Å². The molecule has 0 unspecified atom stereocenters. The lowest BCUT2D eigenvalue weighted by molar-refractivity contribution is 0.209. The third kappa shape index (κ3) is 4.69. The van der Waals surface area contributed by atoms with Crippen LogP contribution in [-0.2, 0) is 0 Å². The number of amides is 2. The van der Waals surface area contributed by atoms with Crippen molar-refractivity contribution in [2.45, 2.75) is 26.2 Å². The van der Waals surface area contributed by atoms with Gasteiger partial charge in [0.05, 0.1) is 5.52 Å². The van der Waals surface area contributed by atoms with Gasteiger partial charge in [-0.15, -0.1) is 6.42 Å². The first-order valence-electron chi connectivity index (χ1n) is 10.3. The second kappa shape index (κ2) is 8.83. The normalized spacial score (nSPS) is 12.9. The van der Waals surface area contributed by atoms with Gasteiger partial charge in [-0.2, -0.15) is 0 Å². The van der Waals surface area contributed by atoms with Crippen LogP contribution < -0.4 is 10.6 Å². The minimum Gasteiger partial charge on any atom is -0.340 e. The highest BCUT2D eigenvalue weighted by atomic mass is 16.2. The van der Waals surface area contributed by atoms with Gasteiger partial charge in [0.2, 0.25) is 0 Å². The number of carbonyl (C=O) groups excluding carboxylic acids is 1. The second-order valence-electron chi connectivity index (χ2n) is 7.62. The van der Waals surface area contributed by atoms with Crippen molar-refractivity contribution in [2.75, 3.05) is 23.7 Å². The van der Waals surface area contributed by atoms with Crippen molar-refractivity contribution in [1.82, 2.24) is 14.9 Å². The van der Waals surface area contributed by atoms with Crippen molar-refractivity contribution in [1.29, 1.82) is 0 Å². The van der Waals surface area contributed by atoms with E-state index in [2.05, 4.69) is 33.4 Å². The fourth-order valence-corrected chi connectivity index (χ4v) is 3.42. The number of carbonyl (C=O) groups is 1. The van der Waals surface area contributed by atoms with E-state index >= 15 is 0 Å². The predicted octanol–water partition coefficient (Wildman–Crippen LogP) is 5.01. The predicted molar refractivity (Wildman–Crippen MR) is 121 cm³/mol. The third-order valence-electron chi connectivity index (χ3n) is 5.13. The van der Waals surface area contributed by atoms with E-state index in [4.69, 9.17) is 6.42 Å². The molecule has 6 heteroatoms. The Hall–Kier alpha value is -3.59. The molecule has 6 nitrogen and oxygen atoms in total. The highest BCUT2D eigenvalue weighted by Gasteiger charge is 2.26. The van der Waals surface area contributed by atoms with Crippen molar-refractivity contribution in [2.24, 2.45) is 5.92 Å². The average Bonchev–Trinajstić information content (AvgIpc) is 3.58. The van der Waals surface area contributed by atoms with Crippen LogP contribution in [0.4, 0.5) is 22.0 Å². The Morgan fingerprint density at radius 3 is 2.83 bits per heavy atom. The number of rotatable bonds is 7. The topological polar surface area (TPSA) is 70.1 Å². The molecule has 3 aromatic rings. The first-order chi connectivity index (χ1) is 14.7. The summed E-state index contributed by atoms with van der Waals surface area (Å²) in [6.07, 6.45) is 10.4. The summed E-state index contributed by atoms with van der Waals surface area (Å²) in [7, 11) is 0. The molecule has 0 bridgehead atoms. The van der Waals surface area contributed by atoms with Gasteiger partial charge in [-0.25, -0.2) is 14.8 Å². The molecule has 2 aromatic carbocycles. The quantitative estimate of drug-likeness (QED) is 0.548. The van der Waals surface area contributed by atoms with Crippen molar-refractivity contribution < 1.29 is 4.79 Å². The molecule has 1 aromatic heterocycles. The van der Waals surface area contributed by atoms with Crippen LogP contribution in [0, 0.1) is 18.3 Å². The number of hydrogen-bond acceptors (Lipinski definition) is 4. The zero-order chi connectivity index (χ0) is 20.9. The SMILES string of the molecule is C#Cc1cccc(Nc2ncnc3ccc(NC(=O)N(CCC)CC4CC4)cc23)c1. The summed E-state index contributed by atoms with van der Waals surface area (Å²) >= 11 is 0. The minimum atomic E-state index is -0.0591. The van der Waals surface area contributed by atoms with E-state index in [-0.39, 0.29) is 6.03 Å². The molecule has 152 valence electrons. The molecule has 1 aliphatic carbocycles. The van der Waals surface area contributed by atoms with Crippen molar-refractivity contribution in [3.8, 4) is 12.3 Å². The number of terminal acetylenes is 1. The molecule has 1 saturated carbocycles. The average molecular weight is 399 g/mol. The zero-order valence-electron chi connectivity index (χ0n) is 17.1. The Morgan fingerprint density at radius 2 is 2.07 bits per heavy atom. The lowest BCUT2D eigenvalue weighted by atomic mass is 10.2. The van der Waals surface area contributed by atoms with Gasteiger partial charge in [0.15, 0.2) is 0 Å². The molecular weight excluding hydrogens is 374 g/mol. The van der Waals surface area contributed by atoms with Crippen LogP contribution in [0.1, 0.15) is 31.7 Å². The molecule has 30 heavy (non-hydrogen) atoms. The molecule has 1 heterocycles. The summed E-state index contributed by atoms with van der Waals surface area (Å²) in [5.41, 5.74) is 3.15. The van der Waals surface area contributed by atoms with Crippen LogP contribution in [0.3, 0.4) is 0 Å². The molecule has 0 spiro atoms. The van der Waals surface area contributed by atoms with Gasteiger partial charge in [-0.1, -0.05) is 18.9 Å². The molecule has 0 atom stereocenters. The minimum absolute atomic E-state index is 0.0591. The van der Waals surface area contributed by atoms with Gasteiger partial charge >= 0.3 is 6.03 Å². The summed E-state index contributed by atoms with van der Waals surface area (Å²) in [5, 5.41) is 7.17. The van der Waals surface area contributed by atoms with Crippen LogP contribution in [0.5, 0.6) is 0 Å². The molecule has 0 saturated heterocycles. The van der Waals surface area contributed by atoms with Crippen LogP contribution in [0.25, 0.3) is 10.9 Å². The summed E-state index contributed by atoms with van der Waals surface area (Å²) in [6, 6.07) is 13.2. The number of nitrogens with zero attached hydrogens (tertiary/aromatic N) is 3. The third-order valence-corrected chi connectivity index (χ3v) is 5.13. The van der Waals surface area contributed by atoms with Crippen LogP contribution in [0.2, 0.25) is 0 Å². The van der Waals surface area contributed by atoms with Crippen molar-refractivity contribution >= 4 is 34.1 Å². The molecule has 4 rings (SSSR count). The van der Waals surface area contributed by atoms with Crippen molar-refractivity contribution in [3.05, 3.63) is 54.4 Å². The smallest absolute Gasteiger partial charge is 0.321 e. The van der Waals surface area contributed by atoms with E-state index in [1.807, 2.05) is 47.4 Å². The largest absolute Gasteiger partial charge is 0.340 e. The first-order valence-corrected chi connectivity index (χ1v) is 10.3.